The number of benzene rings is 3. The van der Waals surface area contributed by atoms with Gasteiger partial charge in [-0.05, 0) is 49.2 Å². The van der Waals surface area contributed by atoms with Crippen molar-refractivity contribution in [2.45, 2.75) is 31.2 Å². The Morgan fingerprint density at radius 2 is 1.55 bits per heavy atom. The van der Waals surface area contributed by atoms with Gasteiger partial charge in [0, 0.05) is 10.9 Å². The lowest BCUT2D eigenvalue weighted by atomic mass is 9.99. The second-order valence-electron chi connectivity index (χ2n) is 7.28. The first-order chi connectivity index (χ1) is 13.8. The topological polar surface area (TPSA) is 49.7 Å². The van der Waals surface area contributed by atoms with Gasteiger partial charge in [0.1, 0.15) is 0 Å². The van der Waals surface area contributed by atoms with Crippen LogP contribution in [0.1, 0.15) is 34.7 Å². The van der Waals surface area contributed by atoms with E-state index in [-0.39, 0.29) is 4.90 Å². The minimum Gasteiger partial charge on any atom is -0.200 e. The second-order valence-corrected chi connectivity index (χ2v) is 9.99. The molecule has 3 aromatic carbocycles. The maximum Gasteiger partial charge on any atom is 0.279 e. The van der Waals surface area contributed by atoms with Gasteiger partial charge in [-0.3, -0.25) is 0 Å². The zero-order valence-corrected chi connectivity index (χ0v) is 18.6. The van der Waals surface area contributed by atoms with Gasteiger partial charge in [-0.15, -0.1) is 0 Å². The molecule has 1 heterocycles. The van der Waals surface area contributed by atoms with E-state index in [1.807, 2.05) is 74.5 Å². The smallest absolute Gasteiger partial charge is 0.200 e. The zero-order valence-electron chi connectivity index (χ0n) is 16.2. The zero-order chi connectivity index (χ0) is 20.6. The quantitative estimate of drug-likeness (QED) is 0.499. The van der Waals surface area contributed by atoms with Crippen molar-refractivity contribution in [3.63, 3.8) is 0 Å². The van der Waals surface area contributed by atoms with Crippen LogP contribution in [0, 0.1) is 13.8 Å². The summed E-state index contributed by atoms with van der Waals surface area (Å²) in [5.41, 5.74) is 4.78. The molecule has 0 spiro atoms. The number of aryl methyl sites for hydroxylation is 2. The highest BCUT2D eigenvalue weighted by molar-refractivity contribution is 9.10. The summed E-state index contributed by atoms with van der Waals surface area (Å²) in [6, 6.07) is 22.3. The molecule has 0 aliphatic carbocycles. The van der Waals surface area contributed by atoms with Crippen molar-refractivity contribution in [1.29, 1.82) is 0 Å². The molecule has 0 saturated carbocycles. The fraction of sp³-hybridized carbons (Fsp3) is 0.174. The maximum atomic E-state index is 13.5. The molecule has 0 bridgehead atoms. The first-order valence-corrected chi connectivity index (χ1v) is 11.6. The lowest BCUT2D eigenvalue weighted by Crippen LogP contribution is -2.27. The Hall–Kier alpha value is -2.44. The second kappa shape index (κ2) is 7.76. The van der Waals surface area contributed by atoms with Crippen molar-refractivity contribution in [3.05, 3.63) is 99.5 Å². The van der Waals surface area contributed by atoms with Crippen LogP contribution in [-0.4, -0.2) is 18.5 Å². The van der Waals surface area contributed by atoms with E-state index in [1.54, 1.807) is 12.1 Å². The molecular formula is C23H21BrN2O2S. The molecule has 0 unspecified atom stereocenters. The summed E-state index contributed by atoms with van der Waals surface area (Å²) in [6.45, 7) is 3.96. The third-order valence-corrected chi connectivity index (χ3v) is 7.25. The van der Waals surface area contributed by atoms with Crippen LogP contribution >= 0.6 is 15.9 Å². The van der Waals surface area contributed by atoms with Crippen molar-refractivity contribution < 1.29 is 8.42 Å². The van der Waals surface area contributed by atoms with Crippen molar-refractivity contribution in [3.8, 4) is 0 Å². The Bertz CT molecular complexity index is 1170. The fourth-order valence-corrected chi connectivity index (χ4v) is 5.26. The summed E-state index contributed by atoms with van der Waals surface area (Å²) < 4.78 is 29.1. The number of sulfonamides is 1. The monoisotopic (exact) mass is 468 g/mol. The number of halogens is 1. The minimum absolute atomic E-state index is 0.247. The van der Waals surface area contributed by atoms with Crippen LogP contribution < -0.4 is 0 Å². The van der Waals surface area contributed by atoms with Gasteiger partial charge in [0.2, 0.25) is 0 Å². The van der Waals surface area contributed by atoms with Gasteiger partial charge in [0.25, 0.3) is 10.0 Å². The number of hydrogen-bond acceptors (Lipinski definition) is 3. The van der Waals surface area contributed by atoms with Crippen LogP contribution in [0.25, 0.3) is 0 Å². The number of hydrogen-bond donors (Lipinski definition) is 0. The first-order valence-electron chi connectivity index (χ1n) is 9.36. The number of rotatable bonds is 4. The summed E-state index contributed by atoms with van der Waals surface area (Å²) in [6.07, 6.45) is 0.518. The van der Waals surface area contributed by atoms with Gasteiger partial charge in [0.15, 0.2) is 0 Å². The highest BCUT2D eigenvalue weighted by Crippen LogP contribution is 2.37. The highest BCUT2D eigenvalue weighted by atomic mass is 79.9. The Balaban J connectivity index is 1.80. The van der Waals surface area contributed by atoms with E-state index in [4.69, 9.17) is 0 Å². The number of hydrazone groups is 1. The Labute approximate surface area is 180 Å². The Morgan fingerprint density at radius 1 is 0.931 bits per heavy atom. The average Bonchev–Trinajstić information content (AvgIpc) is 3.15. The lowest BCUT2D eigenvalue weighted by Gasteiger charge is -2.23. The summed E-state index contributed by atoms with van der Waals surface area (Å²) in [5, 5.41) is 4.59. The molecule has 3 aromatic rings. The molecule has 29 heavy (non-hydrogen) atoms. The predicted molar refractivity (Wildman–Crippen MR) is 119 cm³/mol. The molecule has 0 N–H and O–H groups in total. The van der Waals surface area contributed by atoms with Gasteiger partial charge in [-0.1, -0.05) is 75.6 Å². The molecule has 4 rings (SSSR count). The van der Waals surface area contributed by atoms with E-state index in [2.05, 4.69) is 21.0 Å². The number of nitrogens with zero attached hydrogens (tertiary/aromatic N) is 2. The van der Waals surface area contributed by atoms with Crippen molar-refractivity contribution in [2.24, 2.45) is 5.10 Å². The molecule has 4 nitrogen and oxygen atoms in total. The summed E-state index contributed by atoms with van der Waals surface area (Å²) in [5.74, 6) is 0. The van der Waals surface area contributed by atoms with Crippen LogP contribution in [0.15, 0.2) is 87.3 Å². The molecule has 1 aliphatic rings. The largest absolute Gasteiger partial charge is 0.279 e. The molecule has 0 saturated heterocycles. The molecule has 0 amide bonds. The summed E-state index contributed by atoms with van der Waals surface area (Å²) in [4.78, 5) is 0.247. The van der Waals surface area contributed by atoms with E-state index in [1.165, 1.54) is 4.41 Å². The molecular weight excluding hydrogens is 448 g/mol. The van der Waals surface area contributed by atoms with Crippen LogP contribution in [0.2, 0.25) is 0 Å². The van der Waals surface area contributed by atoms with Crippen molar-refractivity contribution in [1.82, 2.24) is 4.41 Å². The molecule has 1 aliphatic heterocycles. The van der Waals surface area contributed by atoms with Gasteiger partial charge in [0.05, 0.1) is 16.6 Å². The van der Waals surface area contributed by atoms with Gasteiger partial charge in [-0.25, -0.2) is 0 Å². The van der Waals surface area contributed by atoms with Crippen LogP contribution in [0.3, 0.4) is 0 Å². The molecule has 0 aromatic heterocycles. The molecule has 0 fully saturated rings. The van der Waals surface area contributed by atoms with E-state index < -0.39 is 16.1 Å². The molecule has 1 atom stereocenters. The Morgan fingerprint density at radius 3 is 2.17 bits per heavy atom. The highest BCUT2D eigenvalue weighted by Gasteiger charge is 2.37. The average molecular weight is 469 g/mol. The third kappa shape index (κ3) is 4.00. The van der Waals surface area contributed by atoms with E-state index >= 15 is 0 Å². The van der Waals surface area contributed by atoms with Crippen LogP contribution in [0.5, 0.6) is 0 Å². The van der Waals surface area contributed by atoms with Crippen molar-refractivity contribution >= 4 is 31.7 Å². The van der Waals surface area contributed by atoms with Crippen molar-refractivity contribution in [2.75, 3.05) is 0 Å². The minimum atomic E-state index is -3.78. The van der Waals surface area contributed by atoms with Crippen LogP contribution in [0.4, 0.5) is 0 Å². The summed E-state index contributed by atoms with van der Waals surface area (Å²) >= 11 is 3.50. The van der Waals surface area contributed by atoms with E-state index in [0.29, 0.717) is 6.42 Å². The fourth-order valence-electron chi connectivity index (χ4n) is 3.41. The maximum absolute atomic E-state index is 13.5. The molecule has 6 heteroatoms. The molecule has 0 radical (unpaired) electrons. The summed E-state index contributed by atoms with van der Waals surface area (Å²) in [7, 11) is -3.78. The van der Waals surface area contributed by atoms with Gasteiger partial charge < -0.3 is 0 Å². The van der Waals surface area contributed by atoms with E-state index in [9.17, 15) is 8.42 Å². The standard InChI is InChI=1S/C23H21BrN2O2S/c1-16-6-10-18(11-7-16)22-15-23(19-4-3-5-20(24)14-19)26(25-22)29(27,28)21-12-8-17(2)9-13-21/h3-14,23H,15H2,1-2H3/t23-/m0/s1. The third-order valence-electron chi connectivity index (χ3n) is 5.06. The SMILES string of the molecule is Cc1ccc(C2=NN(S(=O)(=O)c3ccc(C)cc3)[C@H](c3cccc(Br)c3)C2)cc1. The normalized spacial score (nSPS) is 16.7. The van der Waals surface area contributed by atoms with E-state index in [0.717, 1.165) is 32.4 Å². The predicted octanol–water partition coefficient (Wildman–Crippen LogP) is 5.61. The van der Waals surface area contributed by atoms with Crippen LogP contribution in [-0.2, 0) is 10.0 Å². The first kappa shape index (κ1) is 19.9. The van der Waals surface area contributed by atoms with Gasteiger partial charge in [-0.2, -0.15) is 17.9 Å². The molecule has 148 valence electrons. The Kier molecular flexibility index (Phi) is 5.32. The van der Waals surface area contributed by atoms with Gasteiger partial charge >= 0.3 is 0 Å². The lowest BCUT2D eigenvalue weighted by molar-refractivity contribution is 0.371.